The van der Waals surface area contributed by atoms with Crippen LogP contribution in [0.5, 0.6) is 5.95 Å². The van der Waals surface area contributed by atoms with Crippen molar-refractivity contribution in [1.29, 1.82) is 0 Å². The number of hydrogen-bond donors (Lipinski definition) is 0. The van der Waals surface area contributed by atoms with Crippen LogP contribution >= 0.6 is 0 Å². The Hall–Kier alpha value is -3.22. The van der Waals surface area contributed by atoms with E-state index in [9.17, 15) is 9.18 Å². The minimum absolute atomic E-state index is 0.143. The van der Waals surface area contributed by atoms with E-state index in [1.807, 2.05) is 31.0 Å². The van der Waals surface area contributed by atoms with Gasteiger partial charge in [-0.05, 0) is 43.9 Å². The van der Waals surface area contributed by atoms with Crippen LogP contribution in [0.25, 0.3) is 11.3 Å². The van der Waals surface area contributed by atoms with Crippen LogP contribution in [0.15, 0.2) is 40.8 Å². The molecule has 0 saturated carbocycles. The van der Waals surface area contributed by atoms with Gasteiger partial charge in [-0.15, -0.1) is 0 Å². The fraction of sp³-hybridized carbons (Fsp3) is 0.375. The van der Waals surface area contributed by atoms with Gasteiger partial charge >= 0.3 is 0 Å². The van der Waals surface area contributed by atoms with Crippen LogP contribution in [-0.2, 0) is 13.0 Å². The van der Waals surface area contributed by atoms with Gasteiger partial charge in [0.2, 0.25) is 0 Å². The van der Waals surface area contributed by atoms with Crippen molar-refractivity contribution in [2.24, 2.45) is 5.92 Å². The first kappa shape index (κ1) is 19.7. The number of nitrogens with zero attached hydrogens (tertiary/aromatic N) is 3. The van der Waals surface area contributed by atoms with E-state index >= 15 is 0 Å². The predicted molar refractivity (Wildman–Crippen MR) is 116 cm³/mol. The lowest BCUT2D eigenvalue weighted by atomic mass is 9.99. The highest BCUT2D eigenvalue weighted by atomic mass is 19.1. The van der Waals surface area contributed by atoms with Crippen molar-refractivity contribution >= 4 is 11.6 Å². The van der Waals surface area contributed by atoms with Crippen molar-refractivity contribution in [3.05, 3.63) is 59.2 Å². The third-order valence-corrected chi connectivity index (χ3v) is 6.30. The molecule has 2 aliphatic heterocycles. The van der Waals surface area contributed by atoms with E-state index in [0.717, 1.165) is 42.2 Å². The molecule has 3 aromatic rings. The van der Waals surface area contributed by atoms with E-state index < -0.39 is 6.35 Å². The summed E-state index contributed by atoms with van der Waals surface area (Å²) >= 11 is 0. The van der Waals surface area contributed by atoms with E-state index in [1.165, 1.54) is 12.1 Å². The van der Waals surface area contributed by atoms with Crippen LogP contribution < -0.4 is 9.64 Å². The first-order valence-corrected chi connectivity index (χ1v) is 10.6. The number of benzene rings is 1. The molecule has 0 saturated heterocycles. The normalized spacial score (nSPS) is 20.6. The Morgan fingerprint density at radius 3 is 2.68 bits per heavy atom. The highest BCUT2D eigenvalue weighted by Crippen LogP contribution is 2.45. The van der Waals surface area contributed by atoms with Gasteiger partial charge in [0, 0.05) is 38.0 Å². The number of anilines is 1. The maximum Gasteiger partial charge on any atom is 0.287 e. The lowest BCUT2D eigenvalue weighted by Crippen LogP contribution is -2.55. The molecule has 6 nitrogen and oxygen atoms in total. The number of carbonyl (C=O) groups excluding carboxylic acids is 1. The topological polar surface area (TPSA) is 50.9 Å². The summed E-state index contributed by atoms with van der Waals surface area (Å²) in [5.41, 5.74) is 4.07. The Morgan fingerprint density at radius 1 is 1.16 bits per heavy atom. The van der Waals surface area contributed by atoms with Crippen molar-refractivity contribution < 1.29 is 18.3 Å². The molecule has 1 aromatic carbocycles. The molecule has 2 aliphatic rings. The van der Waals surface area contributed by atoms with E-state index in [2.05, 4.69) is 11.5 Å². The molecule has 0 spiro atoms. The molecule has 0 aliphatic carbocycles. The van der Waals surface area contributed by atoms with Crippen molar-refractivity contribution in [3.8, 4) is 17.2 Å². The standard InChI is InChI=1S/C24H26FN3O3/c1-14-8-10-18-22-20(21(28(18)13-14)16-6-5-7-17(25)12-16)23(29)27(4)24(26(22)3)31-19-11-9-15(2)30-19/h5-7,9,11-12,14,24H,8,10,13H2,1-4H3/t14-,24?/m0/s1. The number of carbonyl (C=O) groups is 1. The summed E-state index contributed by atoms with van der Waals surface area (Å²) in [6.07, 6.45) is 1.25. The second kappa shape index (κ2) is 7.18. The predicted octanol–water partition coefficient (Wildman–Crippen LogP) is 4.66. The number of ether oxygens (including phenoxy) is 1. The van der Waals surface area contributed by atoms with Crippen molar-refractivity contribution in [3.63, 3.8) is 0 Å². The maximum atomic E-state index is 14.1. The molecule has 7 heteroatoms. The van der Waals surface area contributed by atoms with Crippen LogP contribution in [0.3, 0.4) is 0 Å². The monoisotopic (exact) mass is 423 g/mol. The summed E-state index contributed by atoms with van der Waals surface area (Å²) < 4.78 is 28.0. The van der Waals surface area contributed by atoms with E-state index in [-0.39, 0.29) is 11.7 Å². The van der Waals surface area contributed by atoms with Gasteiger partial charge in [0.25, 0.3) is 18.2 Å². The molecule has 0 bridgehead atoms. The molecule has 0 fully saturated rings. The minimum atomic E-state index is -0.641. The number of furan rings is 1. The van der Waals surface area contributed by atoms with E-state index in [1.54, 1.807) is 24.1 Å². The number of amides is 1. The molecule has 0 radical (unpaired) electrons. The fourth-order valence-corrected chi connectivity index (χ4v) is 4.80. The van der Waals surface area contributed by atoms with Gasteiger partial charge in [-0.1, -0.05) is 19.1 Å². The van der Waals surface area contributed by atoms with Crippen LogP contribution in [0.4, 0.5) is 10.1 Å². The lowest BCUT2D eigenvalue weighted by Gasteiger charge is -2.40. The molecule has 1 unspecified atom stereocenters. The minimum Gasteiger partial charge on any atom is -0.431 e. The fourth-order valence-electron chi connectivity index (χ4n) is 4.80. The molecule has 0 N–H and O–H groups in total. The van der Waals surface area contributed by atoms with Crippen LogP contribution in [-0.4, -0.2) is 35.8 Å². The number of halogens is 1. The molecule has 1 amide bonds. The second-order valence-electron chi connectivity index (χ2n) is 8.62. The highest BCUT2D eigenvalue weighted by Gasteiger charge is 2.43. The lowest BCUT2D eigenvalue weighted by molar-refractivity contribution is 0.0183. The summed E-state index contributed by atoms with van der Waals surface area (Å²) in [4.78, 5) is 17.2. The van der Waals surface area contributed by atoms with Crippen LogP contribution in [0, 0.1) is 18.7 Å². The molecule has 2 aromatic heterocycles. The Morgan fingerprint density at radius 2 is 1.97 bits per heavy atom. The van der Waals surface area contributed by atoms with Gasteiger partial charge in [0.1, 0.15) is 11.6 Å². The third kappa shape index (κ3) is 3.10. The summed E-state index contributed by atoms with van der Waals surface area (Å²) in [5, 5.41) is 0. The van der Waals surface area contributed by atoms with Crippen molar-refractivity contribution in [2.75, 3.05) is 19.0 Å². The molecular formula is C24H26FN3O3. The zero-order chi connectivity index (χ0) is 21.9. The average Bonchev–Trinajstić information content (AvgIpc) is 3.30. The smallest absolute Gasteiger partial charge is 0.287 e. The molecule has 4 heterocycles. The summed E-state index contributed by atoms with van der Waals surface area (Å²) in [7, 11) is 3.65. The first-order chi connectivity index (χ1) is 14.8. The summed E-state index contributed by atoms with van der Waals surface area (Å²) in [6.45, 7) is 4.85. The third-order valence-electron chi connectivity index (χ3n) is 6.30. The van der Waals surface area contributed by atoms with Crippen molar-refractivity contribution in [1.82, 2.24) is 9.47 Å². The Kier molecular flexibility index (Phi) is 4.57. The maximum absolute atomic E-state index is 14.1. The highest BCUT2D eigenvalue weighted by molar-refractivity contribution is 6.08. The number of fused-ring (bicyclic) bond motifs is 3. The average molecular weight is 423 g/mol. The first-order valence-electron chi connectivity index (χ1n) is 10.6. The zero-order valence-corrected chi connectivity index (χ0v) is 18.2. The zero-order valence-electron chi connectivity index (χ0n) is 18.2. The van der Waals surface area contributed by atoms with Gasteiger partial charge in [0.05, 0.1) is 16.9 Å². The van der Waals surface area contributed by atoms with Gasteiger partial charge < -0.3 is 18.6 Å². The number of aryl methyl sites for hydroxylation is 1. The van der Waals surface area contributed by atoms with E-state index in [4.69, 9.17) is 9.15 Å². The van der Waals surface area contributed by atoms with Crippen molar-refractivity contribution in [2.45, 2.75) is 39.6 Å². The SMILES string of the molecule is Cc1ccc(OC2N(C)C(=O)c3c(c4n(c3-c3cccc(F)c3)C[C@@H](C)CC4)N2C)o1. The van der Waals surface area contributed by atoms with Crippen LogP contribution in [0.2, 0.25) is 0 Å². The number of aromatic nitrogens is 1. The molecule has 2 atom stereocenters. The number of rotatable bonds is 3. The molecule has 31 heavy (non-hydrogen) atoms. The Labute approximate surface area is 180 Å². The quantitative estimate of drug-likeness (QED) is 0.615. The summed E-state index contributed by atoms with van der Waals surface area (Å²) in [5.74, 6) is 1.13. The van der Waals surface area contributed by atoms with Gasteiger partial charge in [-0.2, -0.15) is 0 Å². The Bertz CT molecular complexity index is 1170. The van der Waals surface area contributed by atoms with Gasteiger partial charge in [-0.3, -0.25) is 9.69 Å². The second-order valence-corrected chi connectivity index (χ2v) is 8.62. The summed E-state index contributed by atoms with van der Waals surface area (Å²) in [6, 6.07) is 10.1. The Balaban J connectivity index is 1.68. The largest absolute Gasteiger partial charge is 0.431 e. The number of hydrogen-bond acceptors (Lipinski definition) is 4. The van der Waals surface area contributed by atoms with Crippen LogP contribution in [0.1, 0.15) is 35.2 Å². The molecule has 5 rings (SSSR count). The van der Waals surface area contributed by atoms with E-state index in [0.29, 0.717) is 23.0 Å². The molecule has 162 valence electrons. The molecular weight excluding hydrogens is 397 g/mol. The van der Waals surface area contributed by atoms with Gasteiger partial charge in [-0.25, -0.2) is 4.39 Å². The van der Waals surface area contributed by atoms with Gasteiger partial charge in [0.15, 0.2) is 0 Å².